The maximum absolute atomic E-state index is 12.1. The summed E-state index contributed by atoms with van der Waals surface area (Å²) in [6.45, 7) is 3.32. The first-order valence-electron chi connectivity index (χ1n) is 9.63. The number of rotatable bonds is 6. The van der Waals surface area contributed by atoms with Crippen molar-refractivity contribution in [3.8, 4) is 11.5 Å². The Morgan fingerprint density at radius 1 is 1.07 bits per heavy atom. The van der Waals surface area contributed by atoms with Crippen LogP contribution in [0.15, 0.2) is 70.3 Å². The lowest BCUT2D eigenvalue weighted by Gasteiger charge is -2.28. The Morgan fingerprint density at radius 2 is 1.87 bits per heavy atom. The van der Waals surface area contributed by atoms with Crippen molar-refractivity contribution < 1.29 is 23.4 Å². The number of hydrogen-bond donors (Lipinski definition) is 0. The van der Waals surface area contributed by atoms with Crippen LogP contribution in [0.5, 0.6) is 11.5 Å². The fourth-order valence-corrected chi connectivity index (χ4v) is 3.11. The molecule has 3 aromatic rings. The van der Waals surface area contributed by atoms with Crippen LogP contribution in [0, 0.1) is 0 Å². The van der Waals surface area contributed by atoms with Crippen molar-refractivity contribution in [3.05, 3.63) is 72.2 Å². The molecule has 1 fully saturated rings. The van der Waals surface area contributed by atoms with Gasteiger partial charge in [-0.2, -0.15) is 0 Å². The molecule has 30 heavy (non-hydrogen) atoms. The molecule has 0 spiro atoms. The van der Waals surface area contributed by atoms with Gasteiger partial charge in [-0.15, -0.1) is 0 Å². The molecule has 0 amide bonds. The number of anilines is 1. The van der Waals surface area contributed by atoms with E-state index in [-0.39, 0.29) is 5.76 Å². The zero-order chi connectivity index (χ0) is 20.8. The fourth-order valence-electron chi connectivity index (χ4n) is 3.11. The van der Waals surface area contributed by atoms with E-state index in [0.29, 0.717) is 11.5 Å². The Balaban J connectivity index is 1.43. The van der Waals surface area contributed by atoms with Crippen LogP contribution in [-0.2, 0) is 4.74 Å². The predicted molar refractivity (Wildman–Crippen MR) is 113 cm³/mol. The van der Waals surface area contributed by atoms with Gasteiger partial charge in [0.1, 0.15) is 0 Å². The second kappa shape index (κ2) is 9.28. The Morgan fingerprint density at radius 3 is 2.57 bits per heavy atom. The lowest BCUT2D eigenvalue weighted by atomic mass is 10.2. The number of hydrogen-bond acceptors (Lipinski definition) is 7. The van der Waals surface area contributed by atoms with Crippen LogP contribution in [0.3, 0.4) is 0 Å². The molecule has 7 nitrogen and oxygen atoms in total. The molecule has 2 aromatic carbocycles. The number of benzene rings is 2. The van der Waals surface area contributed by atoms with E-state index >= 15 is 0 Å². The van der Waals surface area contributed by atoms with Gasteiger partial charge in [-0.3, -0.25) is 4.99 Å². The van der Waals surface area contributed by atoms with Gasteiger partial charge in [0.05, 0.1) is 32.3 Å². The Hall–Kier alpha value is -3.58. The molecular formula is C23H22N2O5. The molecule has 7 heteroatoms. The zero-order valence-corrected chi connectivity index (χ0v) is 16.6. The highest BCUT2D eigenvalue weighted by Crippen LogP contribution is 2.29. The molecule has 154 valence electrons. The van der Waals surface area contributed by atoms with Crippen LogP contribution in [0.4, 0.5) is 11.4 Å². The molecule has 1 aromatic heterocycles. The highest BCUT2D eigenvalue weighted by atomic mass is 16.6. The van der Waals surface area contributed by atoms with Crippen molar-refractivity contribution in [1.82, 2.24) is 0 Å². The lowest BCUT2D eigenvalue weighted by molar-refractivity contribution is 0.0696. The molecule has 0 bridgehead atoms. The summed E-state index contributed by atoms with van der Waals surface area (Å²) >= 11 is 0. The first-order chi connectivity index (χ1) is 14.7. The second-order valence-electron chi connectivity index (χ2n) is 6.65. The highest BCUT2D eigenvalue weighted by Gasteiger charge is 2.15. The average molecular weight is 406 g/mol. The summed E-state index contributed by atoms with van der Waals surface area (Å²) in [5.74, 6) is 0.288. The summed E-state index contributed by atoms with van der Waals surface area (Å²) in [4.78, 5) is 18.9. The number of ether oxygens (including phenoxy) is 3. The number of methoxy groups -OCH3 is 1. The Bertz CT molecular complexity index is 1010. The van der Waals surface area contributed by atoms with Crippen molar-refractivity contribution in [2.24, 2.45) is 4.99 Å². The summed E-state index contributed by atoms with van der Waals surface area (Å²) < 4.78 is 21.2. The number of furan rings is 1. The number of morpholine rings is 1. The van der Waals surface area contributed by atoms with Gasteiger partial charge in [0.2, 0.25) is 5.76 Å². The molecular weight excluding hydrogens is 384 g/mol. The van der Waals surface area contributed by atoms with E-state index in [0.717, 1.165) is 37.6 Å². The van der Waals surface area contributed by atoms with E-state index in [9.17, 15) is 4.79 Å². The number of carbonyl (C=O) groups is 1. The number of aliphatic imine (C=N–C) groups is 1. The first-order valence-corrected chi connectivity index (χ1v) is 9.63. The zero-order valence-electron chi connectivity index (χ0n) is 16.6. The highest BCUT2D eigenvalue weighted by molar-refractivity contribution is 5.89. The van der Waals surface area contributed by atoms with Crippen molar-refractivity contribution in [2.75, 3.05) is 38.3 Å². The van der Waals surface area contributed by atoms with E-state index in [4.69, 9.17) is 18.6 Å². The predicted octanol–water partition coefficient (Wildman–Crippen LogP) is 4.09. The molecule has 0 N–H and O–H groups in total. The first kappa shape index (κ1) is 19.7. The summed E-state index contributed by atoms with van der Waals surface area (Å²) in [6, 6.07) is 16.5. The van der Waals surface area contributed by atoms with Crippen LogP contribution < -0.4 is 14.4 Å². The standard InChI is InChI=1S/C23H22N2O5/c1-27-22-15-17(4-9-20(22)30-23(26)21-3-2-12-29-21)16-24-18-5-7-19(8-6-18)25-10-13-28-14-11-25/h2-9,12,15-16H,10-11,13-14H2,1H3. The summed E-state index contributed by atoms with van der Waals surface area (Å²) in [7, 11) is 1.52. The Labute approximate surface area is 174 Å². The van der Waals surface area contributed by atoms with Crippen molar-refractivity contribution in [3.63, 3.8) is 0 Å². The van der Waals surface area contributed by atoms with Crippen LogP contribution >= 0.6 is 0 Å². The average Bonchev–Trinajstić information content (AvgIpc) is 3.34. The molecule has 0 atom stereocenters. The van der Waals surface area contributed by atoms with Gasteiger partial charge in [-0.05, 0) is 60.2 Å². The fraction of sp³-hybridized carbons (Fsp3) is 0.217. The van der Waals surface area contributed by atoms with E-state index < -0.39 is 5.97 Å². The molecule has 0 aliphatic carbocycles. The molecule has 1 aliphatic heterocycles. The third-order valence-corrected chi connectivity index (χ3v) is 4.70. The second-order valence-corrected chi connectivity index (χ2v) is 6.65. The quantitative estimate of drug-likeness (QED) is 0.349. The maximum Gasteiger partial charge on any atom is 0.379 e. The Kier molecular flexibility index (Phi) is 6.10. The molecule has 0 radical (unpaired) electrons. The lowest BCUT2D eigenvalue weighted by Crippen LogP contribution is -2.36. The van der Waals surface area contributed by atoms with E-state index in [1.165, 1.54) is 19.1 Å². The number of nitrogens with zero attached hydrogens (tertiary/aromatic N) is 2. The van der Waals surface area contributed by atoms with Gasteiger partial charge in [0, 0.05) is 25.0 Å². The largest absolute Gasteiger partial charge is 0.493 e. The smallest absolute Gasteiger partial charge is 0.379 e. The minimum absolute atomic E-state index is 0.128. The summed E-state index contributed by atoms with van der Waals surface area (Å²) in [6.07, 6.45) is 3.16. The van der Waals surface area contributed by atoms with Crippen LogP contribution in [0.1, 0.15) is 16.1 Å². The summed E-state index contributed by atoms with van der Waals surface area (Å²) in [5, 5.41) is 0. The van der Waals surface area contributed by atoms with Crippen molar-refractivity contribution >= 4 is 23.6 Å². The van der Waals surface area contributed by atoms with Crippen molar-refractivity contribution in [2.45, 2.75) is 0 Å². The van der Waals surface area contributed by atoms with Gasteiger partial charge in [0.25, 0.3) is 0 Å². The van der Waals surface area contributed by atoms with Gasteiger partial charge >= 0.3 is 5.97 Å². The molecule has 4 rings (SSSR count). The number of esters is 1. The molecule has 2 heterocycles. The van der Waals surface area contributed by atoms with Crippen LogP contribution in [-0.4, -0.2) is 45.6 Å². The van der Waals surface area contributed by atoms with E-state index in [1.807, 2.05) is 12.1 Å². The number of carbonyl (C=O) groups excluding carboxylic acids is 1. The van der Waals surface area contributed by atoms with Crippen LogP contribution in [0.2, 0.25) is 0 Å². The SMILES string of the molecule is COc1cc(C=Nc2ccc(N3CCOCC3)cc2)ccc1OC(=O)c1ccco1. The molecule has 0 saturated carbocycles. The van der Waals surface area contributed by atoms with Gasteiger partial charge in [-0.25, -0.2) is 4.79 Å². The minimum atomic E-state index is -0.583. The maximum atomic E-state index is 12.1. The molecule has 1 saturated heterocycles. The third-order valence-electron chi connectivity index (χ3n) is 4.70. The third kappa shape index (κ3) is 4.69. The normalized spacial score (nSPS) is 14.1. The minimum Gasteiger partial charge on any atom is -0.493 e. The summed E-state index contributed by atoms with van der Waals surface area (Å²) in [5.41, 5.74) is 2.84. The van der Waals surface area contributed by atoms with E-state index in [1.54, 1.807) is 36.5 Å². The topological polar surface area (TPSA) is 73.5 Å². The van der Waals surface area contributed by atoms with Gasteiger partial charge in [0.15, 0.2) is 11.5 Å². The van der Waals surface area contributed by atoms with Gasteiger partial charge in [-0.1, -0.05) is 0 Å². The van der Waals surface area contributed by atoms with E-state index in [2.05, 4.69) is 22.0 Å². The van der Waals surface area contributed by atoms with Crippen molar-refractivity contribution in [1.29, 1.82) is 0 Å². The molecule has 0 unspecified atom stereocenters. The van der Waals surface area contributed by atoms with Crippen LogP contribution in [0.25, 0.3) is 0 Å². The monoisotopic (exact) mass is 406 g/mol. The molecule has 1 aliphatic rings. The van der Waals surface area contributed by atoms with Gasteiger partial charge < -0.3 is 23.5 Å².